The van der Waals surface area contributed by atoms with Crippen LogP contribution in [0, 0.1) is 6.92 Å². The Morgan fingerprint density at radius 3 is 2.92 bits per heavy atom. The minimum absolute atomic E-state index is 0.0369. The van der Waals surface area contributed by atoms with Gasteiger partial charge in [0.05, 0.1) is 30.4 Å². The highest BCUT2D eigenvalue weighted by Crippen LogP contribution is 2.28. The van der Waals surface area contributed by atoms with E-state index in [9.17, 15) is 4.79 Å². The van der Waals surface area contributed by atoms with Gasteiger partial charge in [0, 0.05) is 11.8 Å². The van der Waals surface area contributed by atoms with Crippen molar-refractivity contribution >= 4 is 16.8 Å². The topological polar surface area (TPSA) is 60.5 Å². The molecule has 1 aromatic heterocycles. The van der Waals surface area contributed by atoms with Gasteiger partial charge < -0.3 is 14.8 Å². The van der Waals surface area contributed by atoms with E-state index in [1.807, 2.05) is 49.4 Å². The zero-order valence-electron chi connectivity index (χ0n) is 14.8. The molecule has 1 unspecified atom stereocenters. The van der Waals surface area contributed by atoms with Gasteiger partial charge >= 0.3 is 0 Å². The van der Waals surface area contributed by atoms with Crippen LogP contribution in [0.5, 0.6) is 11.5 Å². The number of nitrogens with one attached hydrogen (secondary N) is 1. The average Bonchev–Trinajstić information content (AvgIpc) is 3.08. The predicted octanol–water partition coefficient (Wildman–Crippen LogP) is 3.29. The fourth-order valence-electron chi connectivity index (χ4n) is 3.28. The standard InChI is InChI=1S/C21H20N2O3/c1-13-18(11-15-10-16(25-2)7-8-19(15)23-13)21(24)22-12-17-9-14-5-3-4-6-20(14)26-17/h3-8,10-11,17H,9,12H2,1-2H3,(H,22,24). The van der Waals surface area contributed by atoms with Crippen LogP contribution in [0.15, 0.2) is 48.5 Å². The molecule has 5 heteroatoms. The predicted molar refractivity (Wildman–Crippen MR) is 99.9 cm³/mol. The van der Waals surface area contributed by atoms with E-state index in [4.69, 9.17) is 9.47 Å². The molecule has 1 N–H and O–H groups in total. The molecule has 0 fully saturated rings. The lowest BCUT2D eigenvalue weighted by atomic mass is 10.1. The third-order valence-electron chi connectivity index (χ3n) is 4.66. The van der Waals surface area contributed by atoms with Gasteiger partial charge in [-0.2, -0.15) is 0 Å². The largest absolute Gasteiger partial charge is 0.497 e. The molecule has 0 radical (unpaired) electrons. The summed E-state index contributed by atoms with van der Waals surface area (Å²) in [6.07, 6.45) is 0.771. The number of pyridine rings is 1. The van der Waals surface area contributed by atoms with Crippen molar-refractivity contribution in [2.24, 2.45) is 0 Å². The van der Waals surface area contributed by atoms with Gasteiger partial charge in [0.25, 0.3) is 5.91 Å². The number of carbonyl (C=O) groups excluding carboxylic acids is 1. The van der Waals surface area contributed by atoms with Crippen molar-refractivity contribution in [1.82, 2.24) is 10.3 Å². The van der Waals surface area contributed by atoms with Crippen LogP contribution in [0.1, 0.15) is 21.6 Å². The number of rotatable bonds is 4. The summed E-state index contributed by atoms with van der Waals surface area (Å²) in [6, 6.07) is 15.5. The van der Waals surface area contributed by atoms with E-state index in [0.717, 1.165) is 28.8 Å². The van der Waals surface area contributed by atoms with Crippen LogP contribution >= 0.6 is 0 Å². The number of aromatic nitrogens is 1. The smallest absolute Gasteiger partial charge is 0.253 e. The minimum atomic E-state index is -0.140. The van der Waals surface area contributed by atoms with Crippen molar-refractivity contribution in [3.63, 3.8) is 0 Å². The zero-order valence-corrected chi connectivity index (χ0v) is 14.8. The first-order chi connectivity index (χ1) is 12.6. The highest BCUT2D eigenvalue weighted by molar-refractivity contribution is 5.98. The Labute approximate surface area is 152 Å². The second-order valence-electron chi connectivity index (χ2n) is 6.44. The molecule has 0 saturated carbocycles. The maximum atomic E-state index is 12.7. The van der Waals surface area contributed by atoms with Gasteiger partial charge in [0.2, 0.25) is 0 Å². The van der Waals surface area contributed by atoms with Gasteiger partial charge in [0.15, 0.2) is 0 Å². The highest BCUT2D eigenvalue weighted by atomic mass is 16.5. The Morgan fingerprint density at radius 2 is 2.12 bits per heavy atom. The van der Waals surface area contributed by atoms with E-state index >= 15 is 0 Å². The number of methoxy groups -OCH3 is 1. The summed E-state index contributed by atoms with van der Waals surface area (Å²) in [5.41, 5.74) is 3.30. The van der Waals surface area contributed by atoms with E-state index in [2.05, 4.69) is 16.4 Å². The maximum Gasteiger partial charge on any atom is 0.253 e. The summed E-state index contributed by atoms with van der Waals surface area (Å²) in [4.78, 5) is 17.2. The number of benzene rings is 2. The Hall–Kier alpha value is -3.08. The molecule has 5 nitrogen and oxygen atoms in total. The molecule has 2 heterocycles. The molecule has 4 rings (SSSR count). The minimum Gasteiger partial charge on any atom is -0.497 e. The third kappa shape index (κ3) is 3.08. The molecule has 2 aromatic carbocycles. The highest BCUT2D eigenvalue weighted by Gasteiger charge is 2.23. The van der Waals surface area contributed by atoms with Gasteiger partial charge in [-0.1, -0.05) is 18.2 Å². The van der Waals surface area contributed by atoms with E-state index < -0.39 is 0 Å². The average molecular weight is 348 g/mol. The number of amides is 1. The second-order valence-corrected chi connectivity index (χ2v) is 6.44. The number of hydrogen-bond donors (Lipinski definition) is 1. The van der Waals surface area contributed by atoms with E-state index in [1.54, 1.807) is 7.11 Å². The molecule has 3 aromatic rings. The van der Waals surface area contributed by atoms with Crippen molar-refractivity contribution in [3.05, 3.63) is 65.4 Å². The van der Waals surface area contributed by atoms with E-state index in [1.165, 1.54) is 5.56 Å². The maximum absolute atomic E-state index is 12.7. The Bertz CT molecular complexity index is 959. The normalized spacial score (nSPS) is 15.4. The van der Waals surface area contributed by atoms with Crippen molar-refractivity contribution in [3.8, 4) is 11.5 Å². The molecule has 0 aliphatic carbocycles. The summed E-state index contributed by atoms with van der Waals surface area (Å²) >= 11 is 0. The first-order valence-electron chi connectivity index (χ1n) is 8.62. The first kappa shape index (κ1) is 16.4. The number of para-hydroxylation sites is 1. The Balaban J connectivity index is 1.49. The fraction of sp³-hybridized carbons (Fsp3) is 0.238. The van der Waals surface area contributed by atoms with Crippen molar-refractivity contribution in [2.75, 3.05) is 13.7 Å². The number of ether oxygens (including phenoxy) is 2. The van der Waals surface area contributed by atoms with E-state index in [0.29, 0.717) is 17.8 Å². The first-order valence-corrected chi connectivity index (χ1v) is 8.62. The van der Waals surface area contributed by atoms with Crippen LogP contribution in [0.4, 0.5) is 0 Å². The van der Waals surface area contributed by atoms with Crippen LogP contribution < -0.4 is 14.8 Å². The van der Waals surface area contributed by atoms with Crippen molar-refractivity contribution in [1.29, 1.82) is 0 Å². The number of hydrogen-bond acceptors (Lipinski definition) is 4. The molecular formula is C21H20N2O3. The molecule has 0 bridgehead atoms. The summed E-state index contributed by atoms with van der Waals surface area (Å²) in [5, 5.41) is 3.85. The van der Waals surface area contributed by atoms with Crippen LogP contribution in [-0.4, -0.2) is 30.6 Å². The SMILES string of the molecule is COc1ccc2nc(C)c(C(=O)NCC3Cc4ccccc4O3)cc2c1. The number of nitrogens with zero attached hydrogens (tertiary/aromatic N) is 1. The molecule has 1 aliphatic rings. The van der Waals surface area contributed by atoms with Crippen molar-refractivity contribution < 1.29 is 14.3 Å². The van der Waals surface area contributed by atoms with Gasteiger partial charge in [-0.25, -0.2) is 0 Å². The van der Waals surface area contributed by atoms with Crippen LogP contribution in [-0.2, 0) is 6.42 Å². The monoisotopic (exact) mass is 348 g/mol. The van der Waals surface area contributed by atoms with Crippen LogP contribution in [0.2, 0.25) is 0 Å². The number of carbonyl (C=O) groups is 1. The van der Waals surface area contributed by atoms with Gasteiger partial charge in [0.1, 0.15) is 17.6 Å². The summed E-state index contributed by atoms with van der Waals surface area (Å²) in [5.74, 6) is 1.51. The second kappa shape index (κ2) is 6.67. The summed E-state index contributed by atoms with van der Waals surface area (Å²) < 4.78 is 11.1. The molecule has 132 valence electrons. The number of aryl methyl sites for hydroxylation is 1. The van der Waals surface area contributed by atoms with Gasteiger partial charge in [-0.15, -0.1) is 0 Å². The summed E-state index contributed by atoms with van der Waals surface area (Å²) in [6.45, 7) is 2.31. The molecule has 0 spiro atoms. The Kier molecular flexibility index (Phi) is 4.21. The van der Waals surface area contributed by atoms with Gasteiger partial charge in [-0.05, 0) is 42.8 Å². The molecule has 26 heavy (non-hydrogen) atoms. The van der Waals surface area contributed by atoms with Crippen LogP contribution in [0.25, 0.3) is 10.9 Å². The molecular weight excluding hydrogens is 328 g/mol. The summed E-state index contributed by atoms with van der Waals surface area (Å²) in [7, 11) is 1.62. The lowest BCUT2D eigenvalue weighted by Crippen LogP contribution is -2.34. The molecule has 1 atom stereocenters. The fourth-order valence-corrected chi connectivity index (χ4v) is 3.28. The molecule has 1 aliphatic heterocycles. The van der Waals surface area contributed by atoms with Gasteiger partial charge in [-0.3, -0.25) is 9.78 Å². The number of fused-ring (bicyclic) bond motifs is 2. The molecule has 0 saturated heterocycles. The Morgan fingerprint density at radius 1 is 1.27 bits per heavy atom. The van der Waals surface area contributed by atoms with Crippen molar-refractivity contribution in [2.45, 2.75) is 19.4 Å². The van der Waals surface area contributed by atoms with E-state index in [-0.39, 0.29) is 12.0 Å². The zero-order chi connectivity index (χ0) is 18.1. The lowest BCUT2D eigenvalue weighted by molar-refractivity contribution is 0.0932. The lowest BCUT2D eigenvalue weighted by Gasteiger charge is -2.13. The van der Waals surface area contributed by atoms with Crippen LogP contribution in [0.3, 0.4) is 0 Å². The third-order valence-corrected chi connectivity index (χ3v) is 4.66. The quantitative estimate of drug-likeness (QED) is 0.786. The molecule has 1 amide bonds.